The van der Waals surface area contributed by atoms with Gasteiger partial charge >= 0.3 is 0 Å². The van der Waals surface area contributed by atoms with Gasteiger partial charge in [-0.15, -0.1) is 0 Å². The Hall–Kier alpha value is -2.01. The molecule has 0 bridgehead atoms. The Morgan fingerprint density at radius 3 is 2.96 bits per heavy atom. The van der Waals surface area contributed by atoms with Crippen LogP contribution in [0.15, 0.2) is 30.9 Å². The fourth-order valence-electron chi connectivity index (χ4n) is 3.36. The molecule has 2 aromatic rings. The van der Waals surface area contributed by atoms with Crippen LogP contribution in [0.25, 0.3) is 0 Å². The first-order valence-electron chi connectivity index (χ1n) is 8.35. The first-order valence-corrected chi connectivity index (χ1v) is 8.35. The number of hydrogen-bond acceptors (Lipinski definition) is 5. The van der Waals surface area contributed by atoms with Crippen LogP contribution in [-0.2, 0) is 13.0 Å². The van der Waals surface area contributed by atoms with Crippen LogP contribution in [0, 0.1) is 12.8 Å². The van der Waals surface area contributed by atoms with Gasteiger partial charge in [-0.25, -0.2) is 4.98 Å². The fraction of sp³-hybridized carbons (Fsp3) is 0.500. The molecular weight excluding hydrogens is 286 g/mol. The average Bonchev–Trinajstić information content (AvgIpc) is 2.58. The molecule has 1 atom stereocenters. The Labute approximate surface area is 138 Å². The summed E-state index contributed by atoms with van der Waals surface area (Å²) in [7, 11) is 1.91. The lowest BCUT2D eigenvalue weighted by molar-refractivity contribution is 0.166. The third kappa shape index (κ3) is 4.05. The van der Waals surface area contributed by atoms with Gasteiger partial charge in [-0.05, 0) is 55.8 Å². The Morgan fingerprint density at radius 1 is 1.26 bits per heavy atom. The monoisotopic (exact) mass is 311 g/mol. The van der Waals surface area contributed by atoms with Crippen molar-refractivity contribution in [2.75, 3.05) is 25.5 Å². The van der Waals surface area contributed by atoms with Gasteiger partial charge in [0.15, 0.2) is 0 Å². The third-order valence-electron chi connectivity index (χ3n) is 4.64. The smallest absolute Gasteiger partial charge is 0.147 e. The number of anilines is 1. The van der Waals surface area contributed by atoms with Gasteiger partial charge in [0.25, 0.3) is 0 Å². The van der Waals surface area contributed by atoms with Gasteiger partial charge in [0.1, 0.15) is 5.82 Å². The van der Waals surface area contributed by atoms with E-state index in [1.807, 2.05) is 19.4 Å². The molecule has 3 rings (SSSR count). The lowest BCUT2D eigenvalue weighted by Crippen LogP contribution is -2.36. The molecule has 122 valence electrons. The summed E-state index contributed by atoms with van der Waals surface area (Å²) in [6.07, 6.45) is 10.9. The minimum Gasteiger partial charge on any atom is -0.372 e. The number of aromatic nitrogens is 3. The van der Waals surface area contributed by atoms with E-state index in [1.54, 1.807) is 12.4 Å². The molecule has 0 spiro atoms. The second-order valence-corrected chi connectivity index (χ2v) is 6.35. The van der Waals surface area contributed by atoms with Crippen LogP contribution in [0.2, 0.25) is 0 Å². The average molecular weight is 311 g/mol. The van der Waals surface area contributed by atoms with Crippen molar-refractivity contribution in [1.82, 2.24) is 19.9 Å². The van der Waals surface area contributed by atoms with Crippen molar-refractivity contribution >= 4 is 5.82 Å². The predicted molar refractivity (Wildman–Crippen MR) is 92.3 cm³/mol. The summed E-state index contributed by atoms with van der Waals surface area (Å²) in [5.74, 6) is 1.55. The van der Waals surface area contributed by atoms with Gasteiger partial charge < -0.3 is 5.32 Å². The van der Waals surface area contributed by atoms with E-state index in [0.717, 1.165) is 31.0 Å². The quantitative estimate of drug-likeness (QED) is 0.920. The van der Waals surface area contributed by atoms with E-state index in [0.29, 0.717) is 5.92 Å². The van der Waals surface area contributed by atoms with E-state index in [9.17, 15) is 0 Å². The second-order valence-electron chi connectivity index (χ2n) is 6.35. The molecule has 0 saturated carbocycles. The molecule has 3 heterocycles. The van der Waals surface area contributed by atoms with Crippen LogP contribution in [0.5, 0.6) is 0 Å². The number of rotatable bonds is 5. The first-order chi connectivity index (χ1) is 11.3. The van der Waals surface area contributed by atoms with Crippen LogP contribution < -0.4 is 5.32 Å². The highest BCUT2D eigenvalue weighted by atomic mass is 15.1. The Morgan fingerprint density at radius 2 is 2.13 bits per heavy atom. The highest BCUT2D eigenvalue weighted by Crippen LogP contribution is 2.24. The van der Waals surface area contributed by atoms with Crippen LogP contribution in [-0.4, -0.2) is 40.0 Å². The maximum Gasteiger partial charge on any atom is 0.147 e. The van der Waals surface area contributed by atoms with Gasteiger partial charge in [-0.2, -0.15) is 0 Å². The molecule has 0 aliphatic carbocycles. The van der Waals surface area contributed by atoms with Crippen molar-refractivity contribution in [2.45, 2.75) is 32.7 Å². The highest BCUT2D eigenvalue weighted by Gasteiger charge is 2.22. The van der Waals surface area contributed by atoms with E-state index >= 15 is 0 Å². The molecule has 5 heteroatoms. The molecule has 1 aliphatic rings. The summed E-state index contributed by atoms with van der Waals surface area (Å²) in [6, 6.07) is 2.09. The van der Waals surface area contributed by atoms with Crippen LogP contribution in [0.1, 0.15) is 29.7 Å². The molecule has 0 amide bonds. The predicted octanol–water partition coefficient (Wildman–Crippen LogP) is 2.68. The van der Waals surface area contributed by atoms with Crippen molar-refractivity contribution in [1.29, 1.82) is 0 Å². The molecule has 5 nitrogen and oxygen atoms in total. The molecule has 2 aromatic heterocycles. The normalized spacial score (nSPS) is 18.8. The fourth-order valence-corrected chi connectivity index (χ4v) is 3.36. The summed E-state index contributed by atoms with van der Waals surface area (Å²) in [6.45, 7) is 5.45. The summed E-state index contributed by atoms with van der Waals surface area (Å²) in [4.78, 5) is 15.7. The zero-order valence-corrected chi connectivity index (χ0v) is 14.0. The van der Waals surface area contributed by atoms with Crippen molar-refractivity contribution < 1.29 is 0 Å². The number of aryl methyl sites for hydroxylation is 1. The van der Waals surface area contributed by atoms with Crippen molar-refractivity contribution in [3.63, 3.8) is 0 Å². The topological polar surface area (TPSA) is 53.9 Å². The van der Waals surface area contributed by atoms with E-state index < -0.39 is 0 Å². The molecule has 0 unspecified atom stereocenters. The zero-order chi connectivity index (χ0) is 16.1. The number of pyridine rings is 1. The van der Waals surface area contributed by atoms with Crippen LogP contribution in [0.3, 0.4) is 0 Å². The first kappa shape index (κ1) is 15.9. The molecule has 1 saturated heterocycles. The number of nitrogens with one attached hydrogen (secondary N) is 1. The van der Waals surface area contributed by atoms with Crippen LogP contribution >= 0.6 is 0 Å². The standard InChI is InChI=1S/C18H25N5/c1-14-5-6-20-11-16(14)13-23-9-3-4-15(12-23)10-17-18(19-2)22-8-7-21-17/h5-8,11,15H,3-4,9-10,12-13H2,1-2H3,(H,19,22)/t15-/m1/s1. The van der Waals surface area contributed by atoms with E-state index in [-0.39, 0.29) is 0 Å². The third-order valence-corrected chi connectivity index (χ3v) is 4.64. The maximum atomic E-state index is 4.51. The van der Waals surface area contributed by atoms with Gasteiger partial charge in [0.2, 0.25) is 0 Å². The zero-order valence-electron chi connectivity index (χ0n) is 14.0. The van der Waals surface area contributed by atoms with Gasteiger partial charge in [0, 0.05) is 44.9 Å². The summed E-state index contributed by atoms with van der Waals surface area (Å²) in [5, 5.41) is 3.15. The number of nitrogens with zero attached hydrogens (tertiary/aromatic N) is 4. The minimum atomic E-state index is 0.643. The van der Waals surface area contributed by atoms with Crippen LogP contribution in [0.4, 0.5) is 5.82 Å². The van der Waals surface area contributed by atoms with Crippen molar-refractivity contribution in [3.05, 3.63) is 47.7 Å². The van der Waals surface area contributed by atoms with Gasteiger partial charge in [0.05, 0.1) is 5.69 Å². The minimum absolute atomic E-state index is 0.643. The molecule has 1 fully saturated rings. The Balaban J connectivity index is 1.63. The maximum absolute atomic E-state index is 4.51. The summed E-state index contributed by atoms with van der Waals surface area (Å²) >= 11 is 0. The molecule has 1 N–H and O–H groups in total. The van der Waals surface area contributed by atoms with E-state index in [4.69, 9.17) is 0 Å². The Bertz CT molecular complexity index is 643. The Kier molecular flexibility index (Phi) is 5.18. The van der Waals surface area contributed by atoms with E-state index in [1.165, 1.54) is 30.5 Å². The number of piperidine rings is 1. The molecule has 23 heavy (non-hydrogen) atoms. The molecule has 0 radical (unpaired) electrons. The van der Waals surface area contributed by atoms with Crippen molar-refractivity contribution in [3.8, 4) is 0 Å². The van der Waals surface area contributed by atoms with Gasteiger partial charge in [-0.3, -0.25) is 14.9 Å². The summed E-state index contributed by atoms with van der Waals surface area (Å²) in [5.41, 5.74) is 3.75. The number of likely N-dealkylation sites (tertiary alicyclic amines) is 1. The summed E-state index contributed by atoms with van der Waals surface area (Å²) < 4.78 is 0. The van der Waals surface area contributed by atoms with Gasteiger partial charge in [-0.1, -0.05) is 0 Å². The molecule has 0 aromatic carbocycles. The highest BCUT2D eigenvalue weighted by molar-refractivity contribution is 5.38. The van der Waals surface area contributed by atoms with Crippen molar-refractivity contribution in [2.24, 2.45) is 5.92 Å². The lowest BCUT2D eigenvalue weighted by atomic mass is 9.92. The van der Waals surface area contributed by atoms with E-state index in [2.05, 4.69) is 38.2 Å². The number of hydrogen-bond donors (Lipinski definition) is 1. The molecule has 1 aliphatic heterocycles. The lowest BCUT2D eigenvalue weighted by Gasteiger charge is -2.33. The largest absolute Gasteiger partial charge is 0.372 e. The second kappa shape index (κ2) is 7.51. The molecular formula is C18H25N5. The SMILES string of the molecule is CNc1nccnc1C[C@H]1CCCN(Cc2cnccc2C)C1.